The quantitative estimate of drug-likeness (QED) is 0.310. The fourth-order valence-corrected chi connectivity index (χ4v) is 4.95. The zero-order valence-electron chi connectivity index (χ0n) is 21.9. The van der Waals surface area contributed by atoms with Crippen molar-refractivity contribution in [1.82, 2.24) is 20.2 Å². The van der Waals surface area contributed by atoms with Gasteiger partial charge in [0.1, 0.15) is 11.6 Å². The first-order valence-electron chi connectivity index (χ1n) is 13.2. The molecule has 5 rings (SSSR count). The van der Waals surface area contributed by atoms with Crippen LogP contribution < -0.4 is 5.32 Å². The molecule has 1 aliphatic rings. The van der Waals surface area contributed by atoms with Gasteiger partial charge in [-0.1, -0.05) is 0 Å². The monoisotopic (exact) mass is 538 g/mol. The number of piperidine rings is 1. The summed E-state index contributed by atoms with van der Waals surface area (Å²) in [6.07, 6.45) is 7.87. The average Bonchev–Trinajstić information content (AvgIpc) is 2.98. The van der Waals surface area contributed by atoms with Crippen LogP contribution >= 0.6 is 0 Å². The highest BCUT2D eigenvalue weighted by molar-refractivity contribution is 5.98. The van der Waals surface area contributed by atoms with Gasteiger partial charge in [0.05, 0.1) is 22.4 Å². The van der Waals surface area contributed by atoms with E-state index in [1.807, 2.05) is 4.90 Å². The normalized spacial score (nSPS) is 15.0. The fraction of sp³-hybridized carbons (Fsp3) is 0.250. The summed E-state index contributed by atoms with van der Waals surface area (Å²) in [5.74, 6) is 1.73. The van der Waals surface area contributed by atoms with Gasteiger partial charge in [-0.05, 0) is 85.5 Å². The molecule has 2 heterocycles. The molecule has 0 radical (unpaired) electrons. The third-order valence-electron chi connectivity index (χ3n) is 7.07. The molecule has 8 heteroatoms. The van der Waals surface area contributed by atoms with Crippen molar-refractivity contribution in [1.29, 1.82) is 0 Å². The number of nitrogens with zero attached hydrogens (tertiary/aromatic N) is 3. The van der Waals surface area contributed by atoms with Crippen molar-refractivity contribution in [2.75, 3.05) is 19.6 Å². The number of carbonyl (C=O) groups excluding carboxylic acids is 2. The van der Waals surface area contributed by atoms with Gasteiger partial charge in [0.15, 0.2) is 0 Å². The number of carbonyl (C=O) groups is 2. The number of amides is 2. The smallest absolute Gasteiger partial charge is 0.251 e. The van der Waals surface area contributed by atoms with E-state index in [9.17, 15) is 18.4 Å². The lowest BCUT2D eigenvalue weighted by Crippen LogP contribution is -2.43. The zero-order valence-corrected chi connectivity index (χ0v) is 21.9. The summed E-state index contributed by atoms with van der Waals surface area (Å²) in [5, 5.41) is 3.00. The second-order valence-electron chi connectivity index (χ2n) is 9.90. The van der Waals surface area contributed by atoms with Crippen molar-refractivity contribution in [3.8, 4) is 34.9 Å². The molecule has 0 unspecified atom stereocenters. The zero-order chi connectivity index (χ0) is 28.1. The van der Waals surface area contributed by atoms with Crippen LogP contribution in [0.5, 0.6) is 0 Å². The SMILES string of the molecule is C#CCCC(=O)N1CCC[C@H](CNC(=O)c2ccc3nc(-c4ccc(F)cc4)c(-c4ccc(F)cc4)nc3c2)C1. The van der Waals surface area contributed by atoms with E-state index in [0.29, 0.717) is 71.6 Å². The first-order valence-corrected chi connectivity index (χ1v) is 13.2. The molecule has 3 aromatic carbocycles. The van der Waals surface area contributed by atoms with Gasteiger partial charge in [-0.3, -0.25) is 9.59 Å². The van der Waals surface area contributed by atoms with E-state index in [4.69, 9.17) is 16.4 Å². The predicted octanol–water partition coefficient (Wildman–Crippen LogP) is 5.62. The van der Waals surface area contributed by atoms with Crippen molar-refractivity contribution in [3.63, 3.8) is 0 Å². The minimum absolute atomic E-state index is 0.0547. The second kappa shape index (κ2) is 12.0. The molecule has 1 fully saturated rings. The lowest BCUT2D eigenvalue weighted by molar-refractivity contribution is -0.132. The molecule has 0 bridgehead atoms. The molecular formula is C32H28F2N4O2. The molecule has 4 aromatic rings. The highest BCUT2D eigenvalue weighted by Crippen LogP contribution is 2.31. The third kappa shape index (κ3) is 6.15. The Morgan fingerprint density at radius 2 is 1.55 bits per heavy atom. The maximum Gasteiger partial charge on any atom is 0.251 e. The largest absolute Gasteiger partial charge is 0.352 e. The molecule has 2 amide bonds. The van der Waals surface area contributed by atoms with Gasteiger partial charge in [-0.25, -0.2) is 18.7 Å². The highest BCUT2D eigenvalue weighted by Gasteiger charge is 2.24. The molecule has 1 atom stereocenters. The van der Waals surface area contributed by atoms with E-state index in [1.165, 1.54) is 24.3 Å². The summed E-state index contributed by atoms with van der Waals surface area (Å²) in [6.45, 7) is 1.76. The highest BCUT2D eigenvalue weighted by atomic mass is 19.1. The molecule has 1 aromatic heterocycles. The Morgan fingerprint density at radius 3 is 2.17 bits per heavy atom. The van der Waals surface area contributed by atoms with Gasteiger partial charge in [-0.2, -0.15) is 0 Å². The number of likely N-dealkylation sites (tertiary alicyclic amines) is 1. The van der Waals surface area contributed by atoms with Crippen molar-refractivity contribution in [2.24, 2.45) is 5.92 Å². The minimum Gasteiger partial charge on any atom is -0.352 e. The Kier molecular flexibility index (Phi) is 8.11. The first-order chi connectivity index (χ1) is 19.4. The number of fused-ring (bicyclic) bond motifs is 1. The van der Waals surface area contributed by atoms with Crippen LogP contribution in [0.3, 0.4) is 0 Å². The van der Waals surface area contributed by atoms with Crippen LogP contribution in [0.1, 0.15) is 36.0 Å². The predicted molar refractivity (Wildman–Crippen MR) is 150 cm³/mol. The summed E-state index contributed by atoms with van der Waals surface area (Å²) in [5.41, 5.74) is 3.82. The molecule has 0 aliphatic carbocycles. The Hall–Kier alpha value is -4.64. The Morgan fingerprint density at radius 1 is 0.925 bits per heavy atom. The Bertz CT molecular complexity index is 1580. The topological polar surface area (TPSA) is 75.2 Å². The van der Waals surface area contributed by atoms with Crippen LogP contribution in [0.25, 0.3) is 33.5 Å². The van der Waals surface area contributed by atoms with Crippen molar-refractivity contribution >= 4 is 22.8 Å². The first kappa shape index (κ1) is 26.9. The van der Waals surface area contributed by atoms with Crippen LogP contribution in [0, 0.1) is 29.9 Å². The number of nitrogens with one attached hydrogen (secondary N) is 1. The molecular weight excluding hydrogens is 510 g/mol. The second-order valence-corrected chi connectivity index (χ2v) is 9.90. The van der Waals surface area contributed by atoms with E-state index in [1.54, 1.807) is 42.5 Å². The molecule has 202 valence electrons. The molecule has 40 heavy (non-hydrogen) atoms. The summed E-state index contributed by atoms with van der Waals surface area (Å²) >= 11 is 0. The van der Waals surface area contributed by atoms with Gasteiger partial charge in [0, 0.05) is 49.2 Å². The number of benzene rings is 3. The Labute approximate surface area is 231 Å². The number of hydrogen-bond acceptors (Lipinski definition) is 4. The van der Waals surface area contributed by atoms with Crippen molar-refractivity contribution in [2.45, 2.75) is 25.7 Å². The van der Waals surface area contributed by atoms with Crippen LogP contribution in [-0.4, -0.2) is 46.3 Å². The van der Waals surface area contributed by atoms with Gasteiger partial charge in [0.25, 0.3) is 5.91 Å². The van der Waals surface area contributed by atoms with Crippen molar-refractivity contribution < 1.29 is 18.4 Å². The van der Waals surface area contributed by atoms with Gasteiger partial charge in [0.2, 0.25) is 5.91 Å². The summed E-state index contributed by atoms with van der Waals surface area (Å²) in [6, 6.07) is 16.9. The van der Waals surface area contributed by atoms with Gasteiger partial charge in [-0.15, -0.1) is 12.3 Å². The maximum atomic E-state index is 13.6. The number of aromatic nitrogens is 2. The van der Waals surface area contributed by atoms with Gasteiger partial charge >= 0.3 is 0 Å². The van der Waals surface area contributed by atoms with Gasteiger partial charge < -0.3 is 10.2 Å². The molecule has 6 nitrogen and oxygen atoms in total. The van der Waals surface area contributed by atoms with E-state index in [2.05, 4.69) is 11.2 Å². The molecule has 1 aliphatic heterocycles. The fourth-order valence-electron chi connectivity index (χ4n) is 4.95. The van der Waals surface area contributed by atoms with Crippen molar-refractivity contribution in [3.05, 3.63) is 83.9 Å². The standard InChI is InChI=1S/C32H28F2N4O2/c1-2-3-6-29(39)38-17-4-5-21(20-38)19-35-32(40)24-11-16-27-28(18-24)37-31(23-9-14-26(34)15-10-23)30(36-27)22-7-12-25(33)13-8-22/h1,7-16,18,21H,3-6,17,19-20H2,(H,35,40)/t21-/m1/s1. The number of rotatable bonds is 7. The number of terminal acetylenes is 1. The number of halogens is 2. The third-order valence-corrected chi connectivity index (χ3v) is 7.07. The lowest BCUT2D eigenvalue weighted by atomic mass is 9.97. The molecule has 0 spiro atoms. The minimum atomic E-state index is -0.377. The molecule has 1 N–H and O–H groups in total. The number of hydrogen-bond donors (Lipinski definition) is 1. The van der Waals surface area contributed by atoms with E-state index < -0.39 is 0 Å². The maximum absolute atomic E-state index is 13.6. The summed E-state index contributed by atoms with van der Waals surface area (Å²) in [4.78, 5) is 36.8. The van der Waals surface area contributed by atoms with Crippen LogP contribution in [-0.2, 0) is 4.79 Å². The molecule has 0 saturated carbocycles. The van der Waals surface area contributed by atoms with E-state index >= 15 is 0 Å². The van der Waals surface area contributed by atoms with E-state index in [-0.39, 0.29) is 29.4 Å². The van der Waals surface area contributed by atoms with Crippen LogP contribution in [0.15, 0.2) is 66.7 Å². The van der Waals surface area contributed by atoms with E-state index in [0.717, 1.165) is 12.8 Å². The molecule has 1 saturated heterocycles. The summed E-state index contributed by atoms with van der Waals surface area (Å²) < 4.78 is 27.2. The van der Waals surface area contributed by atoms with Crippen LogP contribution in [0.4, 0.5) is 8.78 Å². The average molecular weight is 539 g/mol. The Balaban J connectivity index is 1.37. The lowest BCUT2D eigenvalue weighted by Gasteiger charge is -2.33. The van der Waals surface area contributed by atoms with Crippen LogP contribution in [0.2, 0.25) is 0 Å². The summed E-state index contributed by atoms with van der Waals surface area (Å²) in [7, 11) is 0.